The fourth-order valence-electron chi connectivity index (χ4n) is 3.85. The molecule has 0 spiro atoms. The van der Waals surface area contributed by atoms with Gasteiger partial charge >= 0.3 is 0 Å². The van der Waals surface area contributed by atoms with E-state index in [4.69, 9.17) is 4.74 Å². The van der Waals surface area contributed by atoms with Crippen LogP contribution in [0.25, 0.3) is 0 Å². The minimum atomic E-state index is 0. The zero-order valence-corrected chi connectivity index (χ0v) is 21.5. The van der Waals surface area contributed by atoms with Crippen LogP contribution in [-0.2, 0) is 37.5 Å². The number of methoxy groups -OCH3 is 1. The molecule has 5 heteroatoms. The molecule has 0 aliphatic carbocycles. The van der Waals surface area contributed by atoms with Gasteiger partial charge in [-0.3, -0.25) is 4.79 Å². The Morgan fingerprint density at radius 2 is 1.59 bits per heavy atom. The van der Waals surface area contributed by atoms with E-state index < -0.39 is 0 Å². The Morgan fingerprint density at radius 3 is 2.00 bits per heavy atom. The molecule has 2 aromatic carbocycles. The maximum atomic E-state index is 12.4. The van der Waals surface area contributed by atoms with Crippen LogP contribution in [0.3, 0.4) is 0 Å². The Morgan fingerprint density at radius 1 is 1.03 bits per heavy atom. The number of nitrogens with zero attached hydrogens (tertiary/aromatic N) is 1. The summed E-state index contributed by atoms with van der Waals surface area (Å²) in [6.45, 7) is 12.2. The van der Waals surface area contributed by atoms with E-state index in [-0.39, 0.29) is 38.6 Å². The minimum Gasteiger partial charge on any atom is -0.497 e. The van der Waals surface area contributed by atoms with Gasteiger partial charge in [0.15, 0.2) is 6.54 Å². The summed E-state index contributed by atoms with van der Waals surface area (Å²) >= 11 is 0. The number of amides is 1. The molecule has 4 nitrogen and oxygen atoms in total. The van der Waals surface area contributed by atoms with Crippen molar-refractivity contribution < 1.29 is 46.7 Å². The first-order valence-electron chi connectivity index (χ1n) is 10.2. The number of ether oxygens (including phenoxy) is 1. The topological polar surface area (TPSA) is 38.3 Å². The summed E-state index contributed by atoms with van der Waals surface area (Å²) in [7, 11) is 1.66. The molecule has 1 aliphatic heterocycles. The van der Waals surface area contributed by atoms with Gasteiger partial charge < -0.3 is 14.5 Å². The number of hydrogen-bond donors (Lipinski definition) is 1. The van der Waals surface area contributed by atoms with E-state index in [0.717, 1.165) is 46.7 Å². The summed E-state index contributed by atoms with van der Waals surface area (Å²) in [4.78, 5) is 12.4. The quantitative estimate of drug-likeness (QED) is 0.631. The maximum Gasteiger partial charge on any atom is 0.279 e. The molecule has 0 aromatic heterocycles. The van der Waals surface area contributed by atoms with Gasteiger partial charge in [-0.1, -0.05) is 35.9 Å². The number of hydrogen-bond acceptors (Lipinski definition) is 2. The molecule has 1 radical (unpaired) electrons. The van der Waals surface area contributed by atoms with Crippen molar-refractivity contribution in [2.45, 2.75) is 40.5 Å². The molecule has 1 N–H and O–H groups in total. The van der Waals surface area contributed by atoms with Crippen molar-refractivity contribution in [2.75, 3.05) is 38.6 Å². The second-order valence-electron chi connectivity index (χ2n) is 7.81. The van der Waals surface area contributed by atoms with Gasteiger partial charge in [0.25, 0.3) is 5.91 Å². The third-order valence-electron chi connectivity index (χ3n) is 5.61. The van der Waals surface area contributed by atoms with Crippen LogP contribution in [0, 0.1) is 20.8 Å². The van der Waals surface area contributed by atoms with Gasteiger partial charge in [0.05, 0.1) is 26.7 Å². The first-order valence-corrected chi connectivity index (χ1v) is 10.2. The predicted molar refractivity (Wildman–Crippen MR) is 117 cm³/mol. The molecule has 1 aliphatic rings. The monoisotopic (exact) mass is 472 g/mol. The smallest absolute Gasteiger partial charge is 0.279 e. The molecule has 1 fully saturated rings. The molecular formula is C24H35N2O2Y+. The van der Waals surface area contributed by atoms with Crippen LogP contribution in [-0.4, -0.2) is 43.7 Å². The number of anilines is 1. The second kappa shape index (κ2) is 12.5. The van der Waals surface area contributed by atoms with E-state index >= 15 is 0 Å². The zero-order chi connectivity index (χ0) is 20.6. The molecule has 155 valence electrons. The van der Waals surface area contributed by atoms with Crippen molar-refractivity contribution in [1.82, 2.24) is 0 Å². The van der Waals surface area contributed by atoms with Crippen molar-refractivity contribution in [2.24, 2.45) is 0 Å². The van der Waals surface area contributed by atoms with E-state index in [1.807, 2.05) is 44.2 Å². The Kier molecular flexibility index (Phi) is 11.1. The van der Waals surface area contributed by atoms with Crippen LogP contribution >= 0.6 is 0 Å². The predicted octanol–water partition coefficient (Wildman–Crippen LogP) is 4.87. The number of quaternary nitrogens is 1. The molecule has 29 heavy (non-hydrogen) atoms. The molecule has 2 aromatic rings. The van der Waals surface area contributed by atoms with E-state index in [1.54, 1.807) is 7.11 Å². The summed E-state index contributed by atoms with van der Waals surface area (Å²) < 4.78 is 6.19. The molecule has 0 bridgehead atoms. The maximum absolute atomic E-state index is 12.4. The molecule has 1 heterocycles. The van der Waals surface area contributed by atoms with Crippen LogP contribution in [0.2, 0.25) is 0 Å². The van der Waals surface area contributed by atoms with Crippen molar-refractivity contribution in [1.29, 1.82) is 0 Å². The number of nitrogens with one attached hydrogen (secondary N) is 1. The van der Waals surface area contributed by atoms with Crippen molar-refractivity contribution in [3.63, 3.8) is 0 Å². The molecule has 0 unspecified atom stereocenters. The van der Waals surface area contributed by atoms with Crippen LogP contribution < -0.4 is 10.1 Å². The summed E-state index contributed by atoms with van der Waals surface area (Å²) in [5, 5.41) is 3.11. The molecule has 1 saturated heterocycles. The van der Waals surface area contributed by atoms with Gasteiger partial charge in [0, 0.05) is 51.2 Å². The Hall–Kier alpha value is -1.23. The summed E-state index contributed by atoms with van der Waals surface area (Å²) in [6.07, 6.45) is 2.48. The van der Waals surface area contributed by atoms with E-state index in [9.17, 15) is 4.79 Å². The second-order valence-corrected chi connectivity index (χ2v) is 7.81. The fraction of sp³-hybridized carbons (Fsp3) is 0.458. The number of aryl methyl sites for hydroxylation is 3. The SMILES string of the molecule is CC[N+]1(CC(=O)Nc2c(C)cc(OC)cc2C)CCCC1.Cc1ccccc1.[Y]. The first-order chi connectivity index (χ1) is 13.4. The third-order valence-corrected chi connectivity index (χ3v) is 5.61. The number of carbonyl (C=O) groups is 1. The number of benzene rings is 2. The molecule has 0 saturated carbocycles. The Bertz CT molecular complexity index is 749. The normalized spacial score (nSPS) is 14.2. The fourth-order valence-corrected chi connectivity index (χ4v) is 3.85. The van der Waals surface area contributed by atoms with Gasteiger partial charge in [-0.15, -0.1) is 0 Å². The van der Waals surface area contributed by atoms with Gasteiger partial charge in [-0.25, -0.2) is 0 Å². The van der Waals surface area contributed by atoms with Crippen molar-refractivity contribution >= 4 is 11.6 Å². The van der Waals surface area contributed by atoms with Crippen LogP contribution in [0.4, 0.5) is 5.69 Å². The summed E-state index contributed by atoms with van der Waals surface area (Å²) in [5.41, 5.74) is 4.34. The third kappa shape index (κ3) is 7.84. The van der Waals surface area contributed by atoms with E-state index in [0.29, 0.717) is 6.54 Å². The average Bonchev–Trinajstić information content (AvgIpc) is 3.14. The summed E-state index contributed by atoms with van der Waals surface area (Å²) in [6, 6.07) is 14.2. The molecular weight excluding hydrogens is 437 g/mol. The van der Waals surface area contributed by atoms with Crippen LogP contribution in [0.1, 0.15) is 36.5 Å². The standard InChI is InChI=1S/C17H26N2O2.C7H8.Y/c1-5-19(8-6-7-9-19)12-16(20)18-17-13(2)10-15(21-4)11-14(17)3;1-7-5-3-2-4-6-7;/h10-11H,5-9,12H2,1-4H3;2-6H,1H3;/p+1. The van der Waals surface area contributed by atoms with Crippen LogP contribution in [0.15, 0.2) is 42.5 Å². The van der Waals surface area contributed by atoms with Gasteiger partial charge in [-0.05, 0) is 51.0 Å². The van der Waals surface area contributed by atoms with Crippen molar-refractivity contribution in [3.8, 4) is 5.75 Å². The molecule has 0 atom stereocenters. The van der Waals surface area contributed by atoms with E-state index in [2.05, 4.69) is 31.3 Å². The van der Waals surface area contributed by atoms with Gasteiger partial charge in [0.1, 0.15) is 5.75 Å². The minimum absolute atomic E-state index is 0. The molecule has 3 rings (SSSR count). The van der Waals surface area contributed by atoms with Gasteiger partial charge in [0.2, 0.25) is 0 Å². The average molecular weight is 472 g/mol. The number of likely N-dealkylation sites (N-methyl/N-ethyl adjacent to an activating group) is 1. The van der Waals surface area contributed by atoms with Crippen molar-refractivity contribution in [3.05, 3.63) is 59.2 Å². The number of rotatable bonds is 5. The first kappa shape index (κ1) is 25.8. The summed E-state index contributed by atoms with van der Waals surface area (Å²) in [5.74, 6) is 0.953. The zero-order valence-electron chi connectivity index (χ0n) is 18.6. The number of likely N-dealkylation sites (tertiary alicyclic amines) is 1. The number of carbonyl (C=O) groups excluding carboxylic acids is 1. The van der Waals surface area contributed by atoms with E-state index in [1.165, 1.54) is 18.4 Å². The molecule has 1 amide bonds. The van der Waals surface area contributed by atoms with Gasteiger partial charge in [-0.2, -0.15) is 0 Å². The Balaban J connectivity index is 0.000000445. The largest absolute Gasteiger partial charge is 0.497 e. The Labute approximate surface area is 201 Å². The van der Waals surface area contributed by atoms with Crippen LogP contribution in [0.5, 0.6) is 5.75 Å².